The lowest BCUT2D eigenvalue weighted by molar-refractivity contribution is -0.137. The molecule has 1 aliphatic heterocycles. The van der Waals surface area contributed by atoms with Gasteiger partial charge in [-0.05, 0) is 37.0 Å². The van der Waals surface area contributed by atoms with Gasteiger partial charge in [0, 0.05) is 38.4 Å². The van der Waals surface area contributed by atoms with Crippen LogP contribution in [0.1, 0.15) is 37.7 Å². The van der Waals surface area contributed by atoms with Crippen LogP contribution in [0.3, 0.4) is 0 Å². The third kappa shape index (κ3) is 4.40. The highest BCUT2D eigenvalue weighted by atomic mass is 19.4. The molecular weight excluding hydrogens is 301 g/mol. The zero-order valence-electron chi connectivity index (χ0n) is 13.5. The minimum absolute atomic E-state index is 0.556. The molecule has 0 N–H and O–H groups in total. The summed E-state index contributed by atoms with van der Waals surface area (Å²) < 4.78 is 38.5. The lowest BCUT2D eigenvalue weighted by atomic mass is 9.89. The summed E-state index contributed by atoms with van der Waals surface area (Å²) in [5.74, 6) is 0.823. The first kappa shape index (κ1) is 16.6. The number of rotatable bonds is 3. The fourth-order valence-corrected chi connectivity index (χ4v) is 3.80. The van der Waals surface area contributed by atoms with Crippen LogP contribution < -0.4 is 4.90 Å². The summed E-state index contributed by atoms with van der Waals surface area (Å²) in [5.41, 5.74) is 0.136. The van der Waals surface area contributed by atoms with Gasteiger partial charge in [0.2, 0.25) is 0 Å². The predicted octanol–water partition coefficient (Wildman–Crippen LogP) is 4.41. The first-order valence-electron chi connectivity index (χ1n) is 8.67. The van der Waals surface area contributed by atoms with E-state index in [1.54, 1.807) is 6.07 Å². The van der Waals surface area contributed by atoms with Gasteiger partial charge in [-0.25, -0.2) is 0 Å². The molecule has 3 rings (SSSR count). The smallest absolute Gasteiger partial charge is 0.369 e. The van der Waals surface area contributed by atoms with Crippen LogP contribution in [0.15, 0.2) is 24.3 Å². The first-order valence-corrected chi connectivity index (χ1v) is 8.67. The maximum atomic E-state index is 12.8. The van der Waals surface area contributed by atoms with Crippen LogP contribution in [0.2, 0.25) is 0 Å². The number of hydrogen-bond donors (Lipinski definition) is 0. The topological polar surface area (TPSA) is 6.48 Å². The second-order valence-electron chi connectivity index (χ2n) is 6.84. The molecule has 5 heteroatoms. The summed E-state index contributed by atoms with van der Waals surface area (Å²) in [6.07, 6.45) is 2.50. The number of anilines is 1. The molecule has 1 aromatic rings. The van der Waals surface area contributed by atoms with Gasteiger partial charge in [0.15, 0.2) is 0 Å². The van der Waals surface area contributed by atoms with Crippen LogP contribution in [0.4, 0.5) is 18.9 Å². The zero-order chi connectivity index (χ0) is 16.3. The first-order chi connectivity index (χ1) is 11.0. The standard InChI is InChI=1S/C18H25F3N2/c19-18(20,21)16-7-4-8-17(13-16)23-11-9-22(10-12-23)14-15-5-2-1-3-6-15/h4,7-8,13,15H,1-3,5-6,9-12,14H2. The Morgan fingerprint density at radius 1 is 0.957 bits per heavy atom. The highest BCUT2D eigenvalue weighted by molar-refractivity contribution is 5.49. The fourth-order valence-electron chi connectivity index (χ4n) is 3.80. The highest BCUT2D eigenvalue weighted by Crippen LogP contribution is 2.32. The van der Waals surface area contributed by atoms with Crippen LogP contribution in [0.25, 0.3) is 0 Å². The Kier molecular flexibility index (Phi) is 5.14. The Hall–Kier alpha value is -1.23. The van der Waals surface area contributed by atoms with Gasteiger partial charge >= 0.3 is 6.18 Å². The molecule has 0 spiro atoms. The molecule has 0 unspecified atom stereocenters. The third-order valence-corrected chi connectivity index (χ3v) is 5.15. The summed E-state index contributed by atoms with van der Waals surface area (Å²) in [4.78, 5) is 4.56. The summed E-state index contributed by atoms with van der Waals surface area (Å²) in [7, 11) is 0. The average molecular weight is 326 g/mol. The van der Waals surface area contributed by atoms with Gasteiger partial charge < -0.3 is 4.90 Å². The van der Waals surface area contributed by atoms with Crippen LogP contribution >= 0.6 is 0 Å². The molecule has 0 aromatic heterocycles. The summed E-state index contributed by atoms with van der Waals surface area (Å²) in [6, 6.07) is 5.71. The zero-order valence-corrected chi connectivity index (χ0v) is 13.5. The van der Waals surface area contributed by atoms with E-state index in [0.717, 1.165) is 44.7 Å². The molecule has 0 radical (unpaired) electrons. The Morgan fingerprint density at radius 2 is 1.65 bits per heavy atom. The Bertz CT molecular complexity index is 501. The van der Waals surface area contributed by atoms with E-state index in [1.165, 1.54) is 44.2 Å². The van der Waals surface area contributed by atoms with Crippen molar-refractivity contribution in [2.75, 3.05) is 37.6 Å². The Morgan fingerprint density at radius 3 is 2.30 bits per heavy atom. The summed E-state index contributed by atoms with van der Waals surface area (Å²) >= 11 is 0. The number of alkyl halides is 3. The van der Waals surface area contributed by atoms with Crippen LogP contribution in [0, 0.1) is 5.92 Å². The van der Waals surface area contributed by atoms with Crippen LogP contribution in [0.5, 0.6) is 0 Å². The number of halogens is 3. The number of hydrogen-bond acceptors (Lipinski definition) is 2. The average Bonchev–Trinajstić information content (AvgIpc) is 2.56. The molecule has 2 aliphatic rings. The molecule has 0 bridgehead atoms. The largest absolute Gasteiger partial charge is 0.416 e. The van der Waals surface area contributed by atoms with E-state index in [1.807, 2.05) is 0 Å². The molecule has 2 fully saturated rings. The van der Waals surface area contributed by atoms with Crippen molar-refractivity contribution in [2.24, 2.45) is 5.92 Å². The molecule has 1 heterocycles. The van der Waals surface area contributed by atoms with Crippen LogP contribution in [-0.4, -0.2) is 37.6 Å². The van der Waals surface area contributed by atoms with Crippen LogP contribution in [-0.2, 0) is 6.18 Å². The van der Waals surface area contributed by atoms with Crippen molar-refractivity contribution < 1.29 is 13.2 Å². The van der Waals surface area contributed by atoms with Crippen molar-refractivity contribution in [2.45, 2.75) is 38.3 Å². The SMILES string of the molecule is FC(F)(F)c1cccc(N2CCN(CC3CCCCC3)CC2)c1. The monoisotopic (exact) mass is 326 g/mol. The molecule has 128 valence electrons. The third-order valence-electron chi connectivity index (χ3n) is 5.15. The van der Waals surface area contributed by atoms with Gasteiger partial charge in [-0.1, -0.05) is 25.3 Å². The van der Waals surface area contributed by atoms with E-state index in [0.29, 0.717) is 5.69 Å². The lowest BCUT2D eigenvalue weighted by Gasteiger charge is -2.38. The molecule has 2 nitrogen and oxygen atoms in total. The lowest BCUT2D eigenvalue weighted by Crippen LogP contribution is -2.48. The second-order valence-corrected chi connectivity index (χ2v) is 6.84. The van der Waals surface area contributed by atoms with Gasteiger partial charge in [-0.15, -0.1) is 0 Å². The van der Waals surface area contributed by atoms with Crippen molar-refractivity contribution in [3.8, 4) is 0 Å². The molecule has 23 heavy (non-hydrogen) atoms. The van der Waals surface area contributed by atoms with Crippen molar-refractivity contribution in [1.29, 1.82) is 0 Å². The van der Waals surface area contributed by atoms with E-state index in [9.17, 15) is 13.2 Å². The van der Waals surface area contributed by atoms with Crippen molar-refractivity contribution in [1.82, 2.24) is 4.90 Å². The van der Waals surface area contributed by atoms with E-state index in [2.05, 4.69) is 9.80 Å². The van der Waals surface area contributed by atoms with Gasteiger partial charge in [0.05, 0.1) is 5.56 Å². The minimum Gasteiger partial charge on any atom is -0.369 e. The molecule has 0 amide bonds. The van der Waals surface area contributed by atoms with Gasteiger partial charge in [-0.2, -0.15) is 13.2 Å². The summed E-state index contributed by atoms with van der Waals surface area (Å²) in [6.45, 7) is 4.69. The minimum atomic E-state index is -4.27. The van der Waals surface area contributed by atoms with E-state index >= 15 is 0 Å². The van der Waals surface area contributed by atoms with Crippen molar-refractivity contribution >= 4 is 5.69 Å². The maximum Gasteiger partial charge on any atom is 0.416 e. The molecular formula is C18H25F3N2. The second kappa shape index (κ2) is 7.12. The number of piperazine rings is 1. The maximum absolute atomic E-state index is 12.8. The molecule has 1 aliphatic carbocycles. The molecule has 1 aromatic carbocycles. The van der Waals surface area contributed by atoms with Crippen molar-refractivity contribution in [3.63, 3.8) is 0 Å². The predicted molar refractivity (Wildman–Crippen MR) is 86.7 cm³/mol. The number of benzene rings is 1. The van der Waals surface area contributed by atoms with E-state index < -0.39 is 11.7 Å². The van der Waals surface area contributed by atoms with Gasteiger partial charge in [0.25, 0.3) is 0 Å². The highest BCUT2D eigenvalue weighted by Gasteiger charge is 2.31. The number of nitrogens with zero attached hydrogens (tertiary/aromatic N) is 2. The Labute approximate surface area is 136 Å². The van der Waals surface area contributed by atoms with E-state index in [-0.39, 0.29) is 0 Å². The molecule has 1 saturated heterocycles. The molecule has 1 saturated carbocycles. The normalized spacial score (nSPS) is 21.6. The molecule has 0 atom stereocenters. The van der Waals surface area contributed by atoms with Gasteiger partial charge in [-0.3, -0.25) is 4.90 Å². The Balaban J connectivity index is 1.54. The fraction of sp³-hybridized carbons (Fsp3) is 0.667. The van der Waals surface area contributed by atoms with E-state index in [4.69, 9.17) is 0 Å². The quantitative estimate of drug-likeness (QED) is 0.812. The van der Waals surface area contributed by atoms with Crippen molar-refractivity contribution in [3.05, 3.63) is 29.8 Å². The summed E-state index contributed by atoms with van der Waals surface area (Å²) in [5, 5.41) is 0. The van der Waals surface area contributed by atoms with Gasteiger partial charge in [0.1, 0.15) is 0 Å².